The highest BCUT2D eigenvalue weighted by molar-refractivity contribution is 7.89. The standard InChI is InChI=1S/C29H25F6N3O5S/c30-18-12-17(29(40)41)7-9-20(18)37(14-15-6-8-19(36-13-15)16-4-2-1-3-5-16)28(39)21-10-11-38(21)44(42,43)27-25(34)23(32)22(31)24(33)26(27)35/h6-9,12-13,16,21H,1-5,10-11,14H2,(H,40,41)/t21-/m1/s1. The van der Waals surface area contributed by atoms with E-state index in [1.54, 1.807) is 12.1 Å². The number of sulfonamides is 1. The number of hydrogen-bond donors (Lipinski definition) is 1. The van der Waals surface area contributed by atoms with Crippen molar-refractivity contribution < 1.29 is 49.5 Å². The summed E-state index contributed by atoms with van der Waals surface area (Å²) >= 11 is 0. The minimum absolute atomic E-state index is 0.225. The lowest BCUT2D eigenvalue weighted by Gasteiger charge is -2.41. The lowest BCUT2D eigenvalue weighted by atomic mass is 9.86. The average molecular weight is 642 g/mol. The van der Waals surface area contributed by atoms with E-state index in [0.29, 0.717) is 11.6 Å². The number of aromatic carboxylic acids is 1. The SMILES string of the molecule is O=C(O)c1ccc(N(Cc2ccc(C3CCCCC3)nc2)C(=O)[C@H]2CCN2S(=O)(=O)c2c(F)c(F)c(F)c(F)c2F)c(F)c1. The van der Waals surface area contributed by atoms with Gasteiger partial charge in [-0.1, -0.05) is 25.3 Å². The highest BCUT2D eigenvalue weighted by atomic mass is 32.2. The summed E-state index contributed by atoms with van der Waals surface area (Å²) in [4.78, 5) is 28.3. The van der Waals surface area contributed by atoms with Crippen molar-refractivity contribution in [3.63, 3.8) is 0 Å². The van der Waals surface area contributed by atoms with E-state index in [-0.39, 0.29) is 23.2 Å². The van der Waals surface area contributed by atoms with Gasteiger partial charge >= 0.3 is 5.97 Å². The maximum absolute atomic E-state index is 15.2. The second-order valence-corrected chi connectivity index (χ2v) is 12.5. The molecule has 3 aromatic rings. The number of carboxylic acid groups (broad SMARTS) is 1. The van der Waals surface area contributed by atoms with Crippen molar-refractivity contribution in [2.24, 2.45) is 0 Å². The molecule has 0 unspecified atom stereocenters. The summed E-state index contributed by atoms with van der Waals surface area (Å²) in [6.07, 6.45) is 6.44. The predicted octanol–water partition coefficient (Wildman–Crippen LogP) is 5.66. The zero-order valence-corrected chi connectivity index (χ0v) is 23.7. The van der Waals surface area contributed by atoms with Crippen molar-refractivity contribution in [2.75, 3.05) is 11.4 Å². The van der Waals surface area contributed by atoms with Crippen LogP contribution in [0.25, 0.3) is 0 Å². The molecular formula is C29H25F6N3O5S. The number of carboxylic acids is 1. The van der Waals surface area contributed by atoms with E-state index >= 15 is 4.39 Å². The first-order chi connectivity index (χ1) is 20.8. The van der Waals surface area contributed by atoms with Gasteiger partial charge in [-0.3, -0.25) is 9.78 Å². The number of amides is 1. The van der Waals surface area contributed by atoms with Gasteiger partial charge in [0.1, 0.15) is 11.9 Å². The molecule has 1 aromatic heterocycles. The van der Waals surface area contributed by atoms with Gasteiger partial charge in [-0.05, 0) is 49.1 Å². The van der Waals surface area contributed by atoms with Crippen molar-refractivity contribution >= 4 is 27.6 Å². The van der Waals surface area contributed by atoms with Crippen LogP contribution in [0.5, 0.6) is 0 Å². The molecule has 44 heavy (non-hydrogen) atoms. The van der Waals surface area contributed by atoms with Crippen LogP contribution in [-0.4, -0.2) is 47.3 Å². The second-order valence-electron chi connectivity index (χ2n) is 10.6. The molecule has 234 valence electrons. The number of anilines is 1. The van der Waals surface area contributed by atoms with Crippen LogP contribution >= 0.6 is 0 Å². The lowest BCUT2D eigenvalue weighted by Crippen LogP contribution is -2.59. The summed E-state index contributed by atoms with van der Waals surface area (Å²) in [7, 11) is -5.45. The molecule has 1 atom stereocenters. The lowest BCUT2D eigenvalue weighted by molar-refractivity contribution is -0.125. The molecule has 1 N–H and O–H groups in total. The van der Waals surface area contributed by atoms with Gasteiger partial charge in [0, 0.05) is 24.4 Å². The highest BCUT2D eigenvalue weighted by Crippen LogP contribution is 2.36. The summed E-state index contributed by atoms with van der Waals surface area (Å²) in [5.74, 6) is -16.1. The summed E-state index contributed by atoms with van der Waals surface area (Å²) in [6.45, 7) is -0.878. The van der Waals surface area contributed by atoms with Gasteiger partial charge < -0.3 is 10.0 Å². The molecule has 1 aliphatic heterocycles. The molecule has 1 amide bonds. The number of hydrogen-bond acceptors (Lipinski definition) is 5. The van der Waals surface area contributed by atoms with Gasteiger partial charge in [0.25, 0.3) is 0 Å². The quantitative estimate of drug-likeness (QED) is 0.193. The average Bonchev–Trinajstić information content (AvgIpc) is 2.97. The number of nitrogens with zero attached hydrogens (tertiary/aromatic N) is 3. The number of carbonyl (C=O) groups is 2. The third kappa shape index (κ3) is 5.65. The van der Waals surface area contributed by atoms with Crippen LogP contribution in [0.4, 0.5) is 32.0 Å². The molecule has 8 nitrogen and oxygen atoms in total. The summed E-state index contributed by atoms with van der Waals surface area (Å²) in [5, 5.41) is 9.22. The molecular weight excluding hydrogens is 616 g/mol. The van der Waals surface area contributed by atoms with Crippen molar-refractivity contribution in [1.29, 1.82) is 0 Å². The Balaban J connectivity index is 1.49. The van der Waals surface area contributed by atoms with E-state index in [1.807, 2.05) is 0 Å². The van der Waals surface area contributed by atoms with Gasteiger partial charge in [-0.25, -0.2) is 39.6 Å². The summed E-state index contributed by atoms with van der Waals surface area (Å²) < 4.78 is 112. The number of halogens is 6. The summed E-state index contributed by atoms with van der Waals surface area (Å²) in [5.41, 5.74) is 0.365. The van der Waals surface area contributed by atoms with E-state index in [2.05, 4.69) is 4.98 Å². The van der Waals surface area contributed by atoms with Crippen molar-refractivity contribution in [3.8, 4) is 0 Å². The molecule has 5 rings (SSSR count). The Hall–Kier alpha value is -3.98. The molecule has 1 saturated heterocycles. The monoisotopic (exact) mass is 641 g/mol. The largest absolute Gasteiger partial charge is 0.478 e. The van der Waals surface area contributed by atoms with Gasteiger partial charge in [0.05, 0.1) is 17.8 Å². The number of aromatic nitrogens is 1. The van der Waals surface area contributed by atoms with Crippen LogP contribution in [0.3, 0.4) is 0 Å². The normalized spacial score (nSPS) is 17.7. The Bertz CT molecular complexity index is 1700. The Labute approximate surface area is 248 Å². The molecule has 2 heterocycles. The Kier molecular flexibility index (Phi) is 8.71. The number of pyridine rings is 1. The first kappa shape index (κ1) is 31.4. The maximum atomic E-state index is 15.2. The Morgan fingerprint density at radius 1 is 0.886 bits per heavy atom. The minimum Gasteiger partial charge on any atom is -0.478 e. The van der Waals surface area contributed by atoms with Crippen molar-refractivity contribution in [2.45, 2.75) is 61.9 Å². The van der Waals surface area contributed by atoms with Crippen LogP contribution in [0.2, 0.25) is 0 Å². The predicted molar refractivity (Wildman–Crippen MR) is 143 cm³/mol. The molecule has 0 radical (unpaired) electrons. The van der Waals surface area contributed by atoms with Crippen LogP contribution in [0, 0.1) is 34.9 Å². The fourth-order valence-corrected chi connectivity index (χ4v) is 7.24. The molecule has 0 bridgehead atoms. The number of carbonyl (C=O) groups excluding carboxylic acids is 1. The zero-order chi connectivity index (χ0) is 31.9. The Morgan fingerprint density at radius 3 is 2.05 bits per heavy atom. The van der Waals surface area contributed by atoms with Gasteiger partial charge in [0.2, 0.25) is 21.7 Å². The molecule has 2 aliphatic rings. The molecule has 1 saturated carbocycles. The van der Waals surface area contributed by atoms with Crippen molar-refractivity contribution in [1.82, 2.24) is 9.29 Å². The number of benzene rings is 2. The first-order valence-corrected chi connectivity index (χ1v) is 15.1. The smallest absolute Gasteiger partial charge is 0.335 e. The van der Waals surface area contributed by atoms with Crippen LogP contribution in [0.15, 0.2) is 41.4 Å². The third-order valence-corrected chi connectivity index (χ3v) is 9.88. The topological polar surface area (TPSA) is 108 Å². The van der Waals surface area contributed by atoms with Crippen LogP contribution in [0.1, 0.15) is 66.1 Å². The van der Waals surface area contributed by atoms with Gasteiger partial charge in [0.15, 0.2) is 28.2 Å². The van der Waals surface area contributed by atoms with E-state index in [4.69, 9.17) is 0 Å². The molecule has 2 aromatic carbocycles. The summed E-state index contributed by atoms with van der Waals surface area (Å²) in [6, 6.07) is 4.40. The zero-order valence-electron chi connectivity index (χ0n) is 22.9. The Morgan fingerprint density at radius 2 is 1.52 bits per heavy atom. The van der Waals surface area contributed by atoms with E-state index in [9.17, 15) is 45.1 Å². The minimum atomic E-state index is -5.45. The van der Waals surface area contributed by atoms with E-state index in [1.165, 1.54) is 6.20 Å². The van der Waals surface area contributed by atoms with Gasteiger partial charge in [-0.15, -0.1) is 0 Å². The fourth-order valence-electron chi connectivity index (χ4n) is 5.50. The highest BCUT2D eigenvalue weighted by Gasteiger charge is 2.48. The third-order valence-electron chi connectivity index (χ3n) is 7.96. The van der Waals surface area contributed by atoms with Crippen LogP contribution in [-0.2, 0) is 21.4 Å². The molecule has 0 spiro atoms. The second kappa shape index (κ2) is 12.2. The van der Waals surface area contributed by atoms with E-state index < -0.39 is 85.5 Å². The van der Waals surface area contributed by atoms with Gasteiger partial charge in [-0.2, -0.15) is 4.31 Å². The fraction of sp³-hybridized carbons (Fsp3) is 0.345. The van der Waals surface area contributed by atoms with Crippen molar-refractivity contribution in [3.05, 3.63) is 88.3 Å². The molecule has 15 heteroatoms. The van der Waals surface area contributed by atoms with E-state index in [0.717, 1.165) is 54.8 Å². The molecule has 1 aliphatic carbocycles. The first-order valence-electron chi connectivity index (χ1n) is 13.6. The van der Waals surface area contributed by atoms with Crippen LogP contribution < -0.4 is 4.90 Å². The molecule has 2 fully saturated rings. The number of rotatable bonds is 8. The maximum Gasteiger partial charge on any atom is 0.335 e.